The first kappa shape index (κ1) is 13.4. The zero-order valence-electron chi connectivity index (χ0n) is 12.8. The molecule has 3 rings (SSSR count). The number of nitrogens with zero attached hydrogens (tertiary/aromatic N) is 3. The largest absolute Gasteiger partial charge is 0.378 e. The summed E-state index contributed by atoms with van der Waals surface area (Å²) in [5, 5.41) is 0. The van der Waals surface area contributed by atoms with Crippen LogP contribution in [-0.4, -0.2) is 35.7 Å². The number of ether oxygens (including phenoxy) is 1. The van der Waals surface area contributed by atoms with E-state index < -0.39 is 0 Å². The smallest absolute Gasteiger partial charge is 0.160 e. The number of pyridine rings is 1. The molecule has 2 aromatic rings. The Morgan fingerprint density at radius 1 is 1.15 bits per heavy atom. The number of imidazole rings is 1. The standard InChI is InChI=1S/C16H23N3O/c1-12-9-13(18-5-7-20-8-6-18)15-17-14(16(2,3)4)11-19(15)10-12/h9-11H,5-8H2,1-4H3. The molecule has 0 radical (unpaired) electrons. The number of anilines is 1. The molecule has 1 aliphatic rings. The van der Waals surface area contributed by atoms with Crippen molar-refractivity contribution in [3.8, 4) is 0 Å². The molecule has 4 nitrogen and oxygen atoms in total. The Kier molecular flexibility index (Phi) is 3.21. The molecule has 0 bridgehead atoms. The highest BCUT2D eigenvalue weighted by molar-refractivity contribution is 5.70. The Hall–Kier alpha value is -1.55. The van der Waals surface area contributed by atoms with Gasteiger partial charge in [-0.1, -0.05) is 20.8 Å². The molecule has 0 aromatic carbocycles. The highest BCUT2D eigenvalue weighted by atomic mass is 16.5. The average molecular weight is 273 g/mol. The molecule has 1 saturated heterocycles. The van der Waals surface area contributed by atoms with Gasteiger partial charge in [0.1, 0.15) is 0 Å². The maximum Gasteiger partial charge on any atom is 0.160 e. The molecule has 3 heterocycles. The minimum Gasteiger partial charge on any atom is -0.378 e. The van der Waals surface area contributed by atoms with Gasteiger partial charge in [-0.25, -0.2) is 4.98 Å². The number of aromatic nitrogens is 2. The number of morpholine rings is 1. The lowest BCUT2D eigenvalue weighted by molar-refractivity contribution is 0.123. The van der Waals surface area contributed by atoms with Crippen molar-refractivity contribution < 1.29 is 4.74 Å². The fraction of sp³-hybridized carbons (Fsp3) is 0.562. The third-order valence-electron chi connectivity index (χ3n) is 3.79. The van der Waals surface area contributed by atoms with Gasteiger partial charge in [0.05, 0.1) is 24.6 Å². The second-order valence-electron chi connectivity index (χ2n) is 6.61. The quantitative estimate of drug-likeness (QED) is 0.800. The Morgan fingerprint density at radius 3 is 2.50 bits per heavy atom. The molecule has 0 N–H and O–H groups in total. The van der Waals surface area contributed by atoms with E-state index >= 15 is 0 Å². The molecule has 1 fully saturated rings. The minimum atomic E-state index is 0.0716. The predicted molar refractivity (Wildman–Crippen MR) is 81.7 cm³/mol. The number of hydrogen-bond donors (Lipinski definition) is 0. The van der Waals surface area contributed by atoms with Crippen LogP contribution < -0.4 is 4.90 Å². The summed E-state index contributed by atoms with van der Waals surface area (Å²) in [5.41, 5.74) is 4.75. The van der Waals surface area contributed by atoms with Crippen molar-refractivity contribution in [2.24, 2.45) is 0 Å². The fourth-order valence-electron chi connectivity index (χ4n) is 2.62. The zero-order valence-corrected chi connectivity index (χ0v) is 12.8. The summed E-state index contributed by atoms with van der Waals surface area (Å²) in [6.07, 6.45) is 4.31. The molecule has 20 heavy (non-hydrogen) atoms. The van der Waals surface area contributed by atoms with Gasteiger partial charge in [0.2, 0.25) is 0 Å². The minimum absolute atomic E-state index is 0.0716. The van der Waals surface area contributed by atoms with Crippen LogP contribution in [0.2, 0.25) is 0 Å². The highest BCUT2D eigenvalue weighted by Crippen LogP contribution is 2.28. The molecule has 2 aromatic heterocycles. The van der Waals surface area contributed by atoms with Crippen molar-refractivity contribution >= 4 is 11.3 Å². The lowest BCUT2D eigenvalue weighted by Crippen LogP contribution is -2.36. The molecule has 1 aliphatic heterocycles. The Labute approximate surface area is 120 Å². The Bertz CT molecular complexity index is 618. The van der Waals surface area contributed by atoms with Crippen LogP contribution in [0.3, 0.4) is 0 Å². The van der Waals surface area contributed by atoms with Crippen LogP contribution in [0.4, 0.5) is 5.69 Å². The number of hydrogen-bond acceptors (Lipinski definition) is 3. The second kappa shape index (κ2) is 4.77. The van der Waals surface area contributed by atoms with Crippen molar-refractivity contribution in [3.05, 3.63) is 29.7 Å². The van der Waals surface area contributed by atoms with Crippen molar-refractivity contribution in [1.29, 1.82) is 0 Å². The summed E-state index contributed by atoms with van der Waals surface area (Å²) in [6.45, 7) is 12.2. The van der Waals surface area contributed by atoms with Gasteiger partial charge in [-0.05, 0) is 18.6 Å². The van der Waals surface area contributed by atoms with E-state index in [1.165, 1.54) is 11.3 Å². The van der Waals surface area contributed by atoms with Crippen LogP contribution in [0, 0.1) is 6.92 Å². The predicted octanol–water partition coefficient (Wildman–Crippen LogP) is 2.78. The monoisotopic (exact) mass is 273 g/mol. The van der Waals surface area contributed by atoms with Crippen molar-refractivity contribution in [2.75, 3.05) is 31.2 Å². The van der Waals surface area contributed by atoms with Gasteiger partial charge in [-0.3, -0.25) is 0 Å². The molecular formula is C16H23N3O. The second-order valence-corrected chi connectivity index (χ2v) is 6.61. The van der Waals surface area contributed by atoms with E-state index in [0.717, 1.165) is 37.6 Å². The molecule has 0 atom stereocenters. The van der Waals surface area contributed by atoms with E-state index in [1.54, 1.807) is 0 Å². The van der Waals surface area contributed by atoms with E-state index in [0.29, 0.717) is 0 Å². The lowest BCUT2D eigenvalue weighted by Gasteiger charge is -2.29. The SMILES string of the molecule is Cc1cc(N2CCOCC2)c2nc(C(C)(C)C)cn2c1. The molecule has 0 amide bonds. The summed E-state index contributed by atoms with van der Waals surface area (Å²) in [6, 6.07) is 2.24. The first-order valence-electron chi connectivity index (χ1n) is 7.28. The topological polar surface area (TPSA) is 29.8 Å². The first-order chi connectivity index (χ1) is 9.45. The van der Waals surface area contributed by atoms with E-state index in [9.17, 15) is 0 Å². The third-order valence-corrected chi connectivity index (χ3v) is 3.79. The molecule has 0 unspecified atom stereocenters. The van der Waals surface area contributed by atoms with Gasteiger partial charge in [0, 0.05) is 30.9 Å². The Morgan fingerprint density at radius 2 is 1.85 bits per heavy atom. The van der Waals surface area contributed by atoms with Gasteiger partial charge in [0.15, 0.2) is 5.65 Å². The summed E-state index contributed by atoms with van der Waals surface area (Å²) in [4.78, 5) is 7.26. The zero-order chi connectivity index (χ0) is 14.3. The summed E-state index contributed by atoms with van der Waals surface area (Å²) < 4.78 is 7.62. The van der Waals surface area contributed by atoms with Crippen LogP contribution in [0.25, 0.3) is 5.65 Å². The van der Waals surface area contributed by atoms with Crippen LogP contribution in [0.15, 0.2) is 18.5 Å². The van der Waals surface area contributed by atoms with Crippen LogP contribution in [0.5, 0.6) is 0 Å². The van der Waals surface area contributed by atoms with Crippen LogP contribution >= 0.6 is 0 Å². The normalized spacial score (nSPS) is 16.9. The molecule has 0 saturated carbocycles. The number of aryl methyl sites for hydroxylation is 1. The third kappa shape index (κ3) is 2.40. The van der Waals surface area contributed by atoms with Gasteiger partial charge in [-0.2, -0.15) is 0 Å². The summed E-state index contributed by atoms with van der Waals surface area (Å²) in [5.74, 6) is 0. The lowest BCUT2D eigenvalue weighted by atomic mass is 9.93. The highest BCUT2D eigenvalue weighted by Gasteiger charge is 2.21. The molecule has 0 aliphatic carbocycles. The van der Waals surface area contributed by atoms with E-state index in [-0.39, 0.29) is 5.41 Å². The summed E-state index contributed by atoms with van der Waals surface area (Å²) in [7, 11) is 0. The van der Waals surface area contributed by atoms with Gasteiger partial charge < -0.3 is 14.0 Å². The summed E-state index contributed by atoms with van der Waals surface area (Å²) >= 11 is 0. The fourth-order valence-corrected chi connectivity index (χ4v) is 2.62. The van der Waals surface area contributed by atoms with E-state index in [2.05, 4.69) is 55.5 Å². The van der Waals surface area contributed by atoms with Crippen LogP contribution in [0.1, 0.15) is 32.0 Å². The van der Waals surface area contributed by atoms with Gasteiger partial charge in [-0.15, -0.1) is 0 Å². The molecule has 4 heteroatoms. The maximum atomic E-state index is 5.45. The van der Waals surface area contributed by atoms with Crippen molar-refractivity contribution in [3.63, 3.8) is 0 Å². The molecule has 108 valence electrons. The van der Waals surface area contributed by atoms with Crippen molar-refractivity contribution in [1.82, 2.24) is 9.38 Å². The van der Waals surface area contributed by atoms with Gasteiger partial charge in [0.25, 0.3) is 0 Å². The van der Waals surface area contributed by atoms with Crippen molar-refractivity contribution in [2.45, 2.75) is 33.1 Å². The van der Waals surface area contributed by atoms with Crippen LogP contribution in [-0.2, 0) is 10.2 Å². The maximum absolute atomic E-state index is 5.45. The number of rotatable bonds is 1. The van der Waals surface area contributed by atoms with Gasteiger partial charge >= 0.3 is 0 Å². The number of fused-ring (bicyclic) bond motifs is 1. The van der Waals surface area contributed by atoms with E-state index in [1.807, 2.05) is 0 Å². The first-order valence-corrected chi connectivity index (χ1v) is 7.28. The van der Waals surface area contributed by atoms with E-state index in [4.69, 9.17) is 9.72 Å². The molecule has 0 spiro atoms. The Balaban J connectivity index is 2.12. The average Bonchev–Trinajstić information content (AvgIpc) is 2.82. The molecular weight excluding hydrogens is 250 g/mol.